The van der Waals surface area contributed by atoms with Crippen molar-refractivity contribution >= 4 is 11.9 Å². The molecule has 5 nitrogen and oxygen atoms in total. The second-order valence-corrected chi connectivity index (χ2v) is 5.71. The average Bonchev–Trinajstić information content (AvgIpc) is 2.92. The fraction of sp³-hybridized carbons (Fsp3) is 0.625. The Morgan fingerprint density at radius 1 is 1.33 bits per heavy atom. The molecule has 5 heteroatoms. The molecule has 116 valence electrons. The molecule has 1 aromatic heterocycles. The van der Waals surface area contributed by atoms with E-state index in [9.17, 15) is 9.59 Å². The van der Waals surface area contributed by atoms with Gasteiger partial charge in [-0.05, 0) is 44.7 Å². The van der Waals surface area contributed by atoms with E-state index in [1.54, 1.807) is 26.0 Å². The molecule has 0 aromatic carbocycles. The van der Waals surface area contributed by atoms with Crippen LogP contribution in [-0.4, -0.2) is 24.5 Å². The number of rotatable bonds is 5. The first-order chi connectivity index (χ1) is 10.1. The summed E-state index contributed by atoms with van der Waals surface area (Å²) in [5.74, 6) is 0.453. The zero-order chi connectivity index (χ0) is 15.2. The van der Waals surface area contributed by atoms with E-state index in [-0.39, 0.29) is 11.7 Å². The van der Waals surface area contributed by atoms with Crippen molar-refractivity contribution in [2.75, 3.05) is 6.54 Å². The molecule has 1 aliphatic rings. The highest BCUT2D eigenvalue weighted by Gasteiger charge is 2.22. The summed E-state index contributed by atoms with van der Waals surface area (Å²) in [7, 11) is 0. The average molecular weight is 293 g/mol. The highest BCUT2D eigenvalue weighted by atomic mass is 16.6. The maximum Gasteiger partial charge on any atom is 0.375 e. The quantitative estimate of drug-likeness (QED) is 0.848. The monoisotopic (exact) mass is 293 g/mol. The standard InChI is InChI=1S/C16H23NO4/c1-11-8-9-14(20-11)16(19)21-12(2)15(18)17-10-13-6-4-3-5-7-13/h8-9,12-13H,3-7,10H2,1-2H3,(H,17,18)/t12-/m0/s1. The number of hydrogen-bond donors (Lipinski definition) is 1. The van der Waals surface area contributed by atoms with E-state index >= 15 is 0 Å². The van der Waals surface area contributed by atoms with Crippen LogP contribution in [0.15, 0.2) is 16.5 Å². The molecule has 0 spiro atoms. The lowest BCUT2D eigenvalue weighted by Crippen LogP contribution is -2.38. The molecule has 0 saturated heterocycles. The summed E-state index contributed by atoms with van der Waals surface area (Å²) in [4.78, 5) is 23.7. The first-order valence-electron chi connectivity index (χ1n) is 7.61. The highest BCUT2D eigenvalue weighted by Crippen LogP contribution is 2.22. The predicted molar refractivity (Wildman–Crippen MR) is 77.9 cm³/mol. The van der Waals surface area contributed by atoms with Gasteiger partial charge < -0.3 is 14.5 Å². The first-order valence-corrected chi connectivity index (χ1v) is 7.61. The molecule has 0 bridgehead atoms. The number of nitrogens with one attached hydrogen (secondary N) is 1. The molecule has 0 radical (unpaired) electrons. The van der Waals surface area contributed by atoms with Gasteiger partial charge in [0, 0.05) is 6.54 Å². The van der Waals surface area contributed by atoms with Gasteiger partial charge in [0.25, 0.3) is 5.91 Å². The molecule has 1 aliphatic carbocycles. The predicted octanol–water partition coefficient (Wildman–Crippen LogP) is 2.83. The van der Waals surface area contributed by atoms with Crippen LogP contribution in [0.4, 0.5) is 0 Å². The maximum atomic E-state index is 11.9. The molecule has 0 unspecified atom stereocenters. The van der Waals surface area contributed by atoms with Crippen LogP contribution in [0, 0.1) is 12.8 Å². The molecular weight excluding hydrogens is 270 g/mol. The highest BCUT2D eigenvalue weighted by molar-refractivity contribution is 5.90. The smallest absolute Gasteiger partial charge is 0.375 e. The largest absolute Gasteiger partial charge is 0.454 e. The van der Waals surface area contributed by atoms with Gasteiger partial charge in [-0.2, -0.15) is 0 Å². The molecule has 1 heterocycles. The van der Waals surface area contributed by atoms with Crippen LogP contribution in [-0.2, 0) is 9.53 Å². The lowest BCUT2D eigenvalue weighted by molar-refractivity contribution is -0.129. The Kier molecular flexibility index (Phi) is 5.42. The third-order valence-electron chi connectivity index (χ3n) is 3.88. The van der Waals surface area contributed by atoms with E-state index in [0.717, 1.165) is 0 Å². The Morgan fingerprint density at radius 2 is 2.05 bits per heavy atom. The Morgan fingerprint density at radius 3 is 2.67 bits per heavy atom. The van der Waals surface area contributed by atoms with Crippen molar-refractivity contribution in [3.8, 4) is 0 Å². The van der Waals surface area contributed by atoms with Crippen LogP contribution in [0.5, 0.6) is 0 Å². The van der Waals surface area contributed by atoms with E-state index in [1.807, 2.05) is 0 Å². The zero-order valence-corrected chi connectivity index (χ0v) is 12.7. The van der Waals surface area contributed by atoms with E-state index in [1.165, 1.54) is 32.1 Å². The van der Waals surface area contributed by atoms with Gasteiger partial charge in [0.05, 0.1) is 0 Å². The van der Waals surface area contributed by atoms with Crippen LogP contribution < -0.4 is 5.32 Å². The van der Waals surface area contributed by atoms with E-state index in [2.05, 4.69) is 5.32 Å². The van der Waals surface area contributed by atoms with Gasteiger partial charge in [-0.1, -0.05) is 19.3 Å². The van der Waals surface area contributed by atoms with Crippen LogP contribution in [0.25, 0.3) is 0 Å². The first kappa shape index (κ1) is 15.6. The second-order valence-electron chi connectivity index (χ2n) is 5.71. The third-order valence-corrected chi connectivity index (χ3v) is 3.88. The Hall–Kier alpha value is -1.78. The van der Waals surface area contributed by atoms with Crippen molar-refractivity contribution in [3.05, 3.63) is 23.7 Å². The van der Waals surface area contributed by atoms with Gasteiger partial charge in [-0.25, -0.2) is 4.79 Å². The van der Waals surface area contributed by atoms with Crippen molar-refractivity contribution in [1.29, 1.82) is 0 Å². The normalized spacial score (nSPS) is 17.2. The second kappa shape index (κ2) is 7.29. The molecule has 1 saturated carbocycles. The van der Waals surface area contributed by atoms with Crippen molar-refractivity contribution in [3.63, 3.8) is 0 Å². The molecule has 1 amide bonds. The summed E-state index contributed by atoms with van der Waals surface area (Å²) in [5.41, 5.74) is 0. The third kappa shape index (κ3) is 4.62. The van der Waals surface area contributed by atoms with Crippen molar-refractivity contribution in [2.24, 2.45) is 5.92 Å². The number of hydrogen-bond acceptors (Lipinski definition) is 4. The van der Waals surface area contributed by atoms with Crippen LogP contribution >= 0.6 is 0 Å². The SMILES string of the molecule is Cc1ccc(C(=O)O[C@@H](C)C(=O)NCC2CCCCC2)o1. The summed E-state index contributed by atoms with van der Waals surface area (Å²) in [5, 5.41) is 2.87. The molecular formula is C16H23NO4. The zero-order valence-electron chi connectivity index (χ0n) is 12.7. The number of carbonyl (C=O) groups is 2. The number of aryl methyl sites for hydroxylation is 1. The number of esters is 1. The molecule has 2 rings (SSSR count). The van der Waals surface area contributed by atoms with Crippen molar-refractivity contribution < 1.29 is 18.7 Å². The van der Waals surface area contributed by atoms with Gasteiger partial charge in [0.15, 0.2) is 6.10 Å². The topological polar surface area (TPSA) is 68.5 Å². The maximum absolute atomic E-state index is 11.9. The van der Waals surface area contributed by atoms with Crippen molar-refractivity contribution in [1.82, 2.24) is 5.32 Å². The minimum atomic E-state index is -0.813. The summed E-state index contributed by atoms with van der Waals surface area (Å²) >= 11 is 0. The summed E-state index contributed by atoms with van der Waals surface area (Å²) in [6.07, 6.45) is 5.29. The summed E-state index contributed by atoms with van der Waals surface area (Å²) < 4.78 is 10.3. The van der Waals surface area contributed by atoms with E-state index < -0.39 is 12.1 Å². The molecule has 21 heavy (non-hydrogen) atoms. The molecule has 1 N–H and O–H groups in total. The van der Waals surface area contributed by atoms with E-state index in [4.69, 9.17) is 9.15 Å². The van der Waals surface area contributed by atoms with Gasteiger partial charge in [-0.15, -0.1) is 0 Å². The molecule has 1 aromatic rings. The number of ether oxygens (including phenoxy) is 1. The molecule has 1 atom stereocenters. The van der Waals surface area contributed by atoms with Gasteiger partial charge in [-0.3, -0.25) is 4.79 Å². The number of furan rings is 1. The molecule has 0 aliphatic heterocycles. The molecule has 1 fully saturated rings. The summed E-state index contributed by atoms with van der Waals surface area (Å²) in [6.45, 7) is 3.99. The minimum Gasteiger partial charge on any atom is -0.454 e. The Balaban J connectivity index is 1.75. The lowest BCUT2D eigenvalue weighted by Gasteiger charge is -2.22. The van der Waals surface area contributed by atoms with Crippen LogP contribution in [0.2, 0.25) is 0 Å². The Labute approximate surface area is 125 Å². The van der Waals surface area contributed by atoms with Crippen LogP contribution in [0.1, 0.15) is 55.3 Å². The van der Waals surface area contributed by atoms with Gasteiger partial charge >= 0.3 is 5.97 Å². The summed E-state index contributed by atoms with van der Waals surface area (Å²) in [6, 6.07) is 3.23. The number of amides is 1. The van der Waals surface area contributed by atoms with Gasteiger partial charge in [0.1, 0.15) is 5.76 Å². The minimum absolute atomic E-state index is 0.124. The number of carbonyl (C=O) groups excluding carboxylic acids is 2. The fourth-order valence-corrected chi connectivity index (χ4v) is 2.60. The van der Waals surface area contributed by atoms with E-state index in [0.29, 0.717) is 18.2 Å². The fourth-order valence-electron chi connectivity index (χ4n) is 2.60. The van der Waals surface area contributed by atoms with Gasteiger partial charge in [0.2, 0.25) is 5.76 Å². The lowest BCUT2D eigenvalue weighted by atomic mass is 9.89. The Bertz CT molecular complexity index is 488. The van der Waals surface area contributed by atoms with Crippen LogP contribution in [0.3, 0.4) is 0 Å². The van der Waals surface area contributed by atoms with Crippen molar-refractivity contribution in [2.45, 2.75) is 52.1 Å².